The van der Waals surface area contributed by atoms with E-state index in [0.29, 0.717) is 51.7 Å². The number of fused-ring (bicyclic) bond motifs is 1. The predicted molar refractivity (Wildman–Crippen MR) is 110 cm³/mol. The lowest BCUT2D eigenvalue weighted by atomic mass is 10.1. The second kappa shape index (κ2) is 9.29. The average Bonchev–Trinajstić information content (AvgIpc) is 3.21. The van der Waals surface area contributed by atoms with Crippen LogP contribution in [0.15, 0.2) is 23.1 Å². The molecule has 2 amide bonds. The summed E-state index contributed by atoms with van der Waals surface area (Å²) in [6.45, 7) is 6.06. The number of morpholine rings is 1. The van der Waals surface area contributed by atoms with Crippen LogP contribution in [0.3, 0.4) is 0 Å². The summed E-state index contributed by atoms with van der Waals surface area (Å²) in [7, 11) is 0. The lowest BCUT2D eigenvalue weighted by molar-refractivity contribution is -0.137. The van der Waals surface area contributed by atoms with E-state index in [2.05, 4.69) is 23.1 Å². The van der Waals surface area contributed by atoms with Gasteiger partial charge in [0, 0.05) is 44.2 Å². The fourth-order valence-electron chi connectivity index (χ4n) is 4.13. The second-order valence-electron chi connectivity index (χ2n) is 7.72. The molecule has 0 N–H and O–H groups in total. The van der Waals surface area contributed by atoms with E-state index in [1.807, 2.05) is 9.80 Å². The number of carbonyl (C=O) groups excluding carboxylic acids is 2. The Morgan fingerprint density at radius 1 is 0.893 bits per heavy atom. The fraction of sp³-hybridized carbons (Fsp3) is 0.619. The molecule has 2 fully saturated rings. The van der Waals surface area contributed by atoms with Gasteiger partial charge in [-0.3, -0.25) is 14.5 Å². The van der Waals surface area contributed by atoms with Gasteiger partial charge < -0.3 is 14.5 Å². The molecule has 1 aromatic carbocycles. The van der Waals surface area contributed by atoms with Crippen LogP contribution in [0.5, 0.6) is 0 Å². The van der Waals surface area contributed by atoms with Crippen molar-refractivity contribution >= 4 is 23.6 Å². The first-order valence-electron chi connectivity index (χ1n) is 10.3. The van der Waals surface area contributed by atoms with Crippen molar-refractivity contribution < 1.29 is 14.3 Å². The number of ether oxygens (including phenoxy) is 1. The number of amides is 2. The van der Waals surface area contributed by atoms with Gasteiger partial charge >= 0.3 is 0 Å². The molecule has 2 aliphatic heterocycles. The Hall–Kier alpha value is -1.57. The van der Waals surface area contributed by atoms with Gasteiger partial charge in [-0.05, 0) is 42.5 Å². The van der Waals surface area contributed by atoms with Crippen LogP contribution in [0.2, 0.25) is 0 Å². The minimum atomic E-state index is 0.176. The van der Waals surface area contributed by atoms with Gasteiger partial charge in [-0.25, -0.2) is 0 Å². The molecule has 152 valence electrons. The maximum absolute atomic E-state index is 12.6. The normalized spacial score (nSPS) is 20.3. The summed E-state index contributed by atoms with van der Waals surface area (Å²) in [4.78, 5) is 32.1. The van der Waals surface area contributed by atoms with Crippen LogP contribution in [0, 0.1) is 0 Å². The second-order valence-corrected chi connectivity index (χ2v) is 8.77. The summed E-state index contributed by atoms with van der Waals surface area (Å²) >= 11 is 1.64. The Morgan fingerprint density at radius 2 is 1.61 bits per heavy atom. The van der Waals surface area contributed by atoms with Crippen LogP contribution in [0.1, 0.15) is 17.5 Å². The topological polar surface area (TPSA) is 53.1 Å². The predicted octanol–water partition coefficient (Wildman–Crippen LogP) is 1.27. The Bertz CT molecular complexity index is 713. The van der Waals surface area contributed by atoms with Crippen LogP contribution in [0.4, 0.5) is 0 Å². The van der Waals surface area contributed by atoms with Crippen molar-refractivity contribution in [2.45, 2.75) is 24.2 Å². The summed E-state index contributed by atoms with van der Waals surface area (Å²) in [5.74, 6) is 0.866. The number of rotatable bonds is 5. The zero-order valence-electron chi connectivity index (χ0n) is 16.4. The molecule has 0 saturated carbocycles. The number of hydrogen-bond donors (Lipinski definition) is 0. The molecule has 0 atom stereocenters. The molecule has 4 rings (SSSR count). The van der Waals surface area contributed by atoms with Crippen LogP contribution >= 0.6 is 11.8 Å². The van der Waals surface area contributed by atoms with E-state index >= 15 is 0 Å². The van der Waals surface area contributed by atoms with E-state index in [9.17, 15) is 9.59 Å². The van der Waals surface area contributed by atoms with Gasteiger partial charge in [0.15, 0.2) is 0 Å². The lowest BCUT2D eigenvalue weighted by Gasteiger charge is -2.36. The Kier molecular flexibility index (Phi) is 6.54. The van der Waals surface area contributed by atoms with Crippen molar-refractivity contribution in [1.82, 2.24) is 14.7 Å². The largest absolute Gasteiger partial charge is 0.378 e. The molecule has 1 aliphatic carbocycles. The summed E-state index contributed by atoms with van der Waals surface area (Å²) in [5, 5.41) is 0. The summed E-state index contributed by atoms with van der Waals surface area (Å²) in [6.07, 6.45) is 3.61. The van der Waals surface area contributed by atoms with Crippen LogP contribution in [0.25, 0.3) is 0 Å². The van der Waals surface area contributed by atoms with Gasteiger partial charge in [0.1, 0.15) is 0 Å². The quantitative estimate of drug-likeness (QED) is 0.693. The highest BCUT2D eigenvalue weighted by Gasteiger charge is 2.25. The molecule has 3 aliphatic rings. The number of carbonyl (C=O) groups is 2. The molecule has 2 saturated heterocycles. The van der Waals surface area contributed by atoms with Crippen LogP contribution in [-0.4, -0.2) is 91.3 Å². The number of piperazine rings is 1. The Labute approximate surface area is 171 Å². The number of aryl methyl sites for hydroxylation is 2. The zero-order valence-corrected chi connectivity index (χ0v) is 17.2. The van der Waals surface area contributed by atoms with Gasteiger partial charge in [-0.15, -0.1) is 11.8 Å². The number of hydrogen-bond acceptors (Lipinski definition) is 5. The molecular weight excluding hydrogens is 374 g/mol. The van der Waals surface area contributed by atoms with Gasteiger partial charge in [0.05, 0.1) is 25.5 Å². The number of nitrogens with zero attached hydrogens (tertiary/aromatic N) is 3. The van der Waals surface area contributed by atoms with E-state index in [0.717, 1.165) is 13.1 Å². The third-order valence-corrected chi connectivity index (χ3v) is 6.86. The SMILES string of the molecule is O=C(CSc1ccc2c(c1)CCC2)N1CCN(CC(=O)N2CCOCC2)CC1. The monoisotopic (exact) mass is 403 g/mol. The third-order valence-electron chi connectivity index (χ3n) is 5.88. The third kappa shape index (κ3) is 4.88. The maximum Gasteiger partial charge on any atom is 0.236 e. The van der Waals surface area contributed by atoms with E-state index in [4.69, 9.17) is 4.74 Å². The average molecular weight is 404 g/mol. The van der Waals surface area contributed by atoms with E-state index in [1.165, 1.54) is 35.3 Å². The molecule has 0 radical (unpaired) electrons. The van der Waals surface area contributed by atoms with Crippen molar-refractivity contribution in [2.75, 3.05) is 64.8 Å². The molecule has 2 heterocycles. The highest BCUT2D eigenvalue weighted by molar-refractivity contribution is 8.00. The first-order valence-corrected chi connectivity index (χ1v) is 11.3. The van der Waals surface area contributed by atoms with E-state index < -0.39 is 0 Å². The van der Waals surface area contributed by atoms with Crippen molar-refractivity contribution in [1.29, 1.82) is 0 Å². The minimum absolute atomic E-state index is 0.176. The standard InChI is InChI=1S/C21H29N3O3S/c25-20(24-10-12-27-13-11-24)15-22-6-8-23(9-7-22)21(26)16-28-19-5-4-17-2-1-3-18(17)14-19/h4-5,14H,1-3,6-13,15-16H2. The van der Waals surface area contributed by atoms with Crippen LogP contribution in [-0.2, 0) is 27.2 Å². The first kappa shape index (κ1) is 19.7. The van der Waals surface area contributed by atoms with Gasteiger partial charge in [-0.1, -0.05) is 6.07 Å². The lowest BCUT2D eigenvalue weighted by Crippen LogP contribution is -2.53. The van der Waals surface area contributed by atoms with Gasteiger partial charge in [0.2, 0.25) is 11.8 Å². The molecule has 1 aromatic rings. The molecule has 6 nitrogen and oxygen atoms in total. The number of thioether (sulfide) groups is 1. The Morgan fingerprint density at radius 3 is 2.39 bits per heavy atom. The van der Waals surface area contributed by atoms with Gasteiger partial charge in [0.25, 0.3) is 0 Å². The summed E-state index contributed by atoms with van der Waals surface area (Å²) < 4.78 is 5.30. The van der Waals surface area contributed by atoms with Crippen molar-refractivity contribution in [2.24, 2.45) is 0 Å². The molecule has 28 heavy (non-hydrogen) atoms. The first-order chi connectivity index (χ1) is 13.7. The highest BCUT2D eigenvalue weighted by atomic mass is 32.2. The number of benzene rings is 1. The highest BCUT2D eigenvalue weighted by Crippen LogP contribution is 2.27. The molecule has 7 heteroatoms. The van der Waals surface area contributed by atoms with Crippen LogP contribution < -0.4 is 0 Å². The van der Waals surface area contributed by atoms with Crippen molar-refractivity contribution in [3.8, 4) is 0 Å². The van der Waals surface area contributed by atoms with Gasteiger partial charge in [-0.2, -0.15) is 0 Å². The molecule has 0 aromatic heterocycles. The summed E-state index contributed by atoms with van der Waals surface area (Å²) in [6, 6.07) is 6.63. The maximum atomic E-state index is 12.6. The molecule has 0 unspecified atom stereocenters. The molecule has 0 bridgehead atoms. The zero-order chi connectivity index (χ0) is 19.3. The summed E-state index contributed by atoms with van der Waals surface area (Å²) in [5.41, 5.74) is 2.93. The van der Waals surface area contributed by atoms with E-state index in [1.54, 1.807) is 11.8 Å². The smallest absolute Gasteiger partial charge is 0.236 e. The fourth-order valence-corrected chi connectivity index (χ4v) is 5.00. The van der Waals surface area contributed by atoms with Crippen molar-refractivity contribution in [3.05, 3.63) is 29.3 Å². The molecule has 0 spiro atoms. The Balaban J connectivity index is 1.19. The van der Waals surface area contributed by atoms with E-state index in [-0.39, 0.29) is 11.8 Å². The molecular formula is C21H29N3O3S. The minimum Gasteiger partial charge on any atom is -0.378 e. The van der Waals surface area contributed by atoms with Crippen molar-refractivity contribution in [3.63, 3.8) is 0 Å².